The number of aryl methyl sites for hydroxylation is 2. The summed E-state index contributed by atoms with van der Waals surface area (Å²) in [5, 5.41) is 5.10. The summed E-state index contributed by atoms with van der Waals surface area (Å²) < 4.78 is 8.15. The molecule has 142 valence electrons. The highest BCUT2D eigenvalue weighted by Gasteiger charge is 2.18. The molecule has 0 aliphatic carbocycles. The van der Waals surface area contributed by atoms with E-state index in [0.29, 0.717) is 22.2 Å². The topological polar surface area (TPSA) is 124 Å². The number of nitrogens with one attached hydrogen (secondary N) is 2. The van der Waals surface area contributed by atoms with E-state index in [1.54, 1.807) is 26.1 Å². The highest BCUT2D eigenvalue weighted by Crippen LogP contribution is 2.24. The monoisotopic (exact) mass is 380 g/mol. The maximum atomic E-state index is 12.4. The number of para-hydroxylation sites is 1. The molecule has 0 unspecified atom stereocenters. The van der Waals surface area contributed by atoms with Crippen molar-refractivity contribution in [2.24, 2.45) is 7.05 Å². The van der Waals surface area contributed by atoms with Gasteiger partial charge >= 0.3 is 5.91 Å². The summed E-state index contributed by atoms with van der Waals surface area (Å²) in [7, 11) is 1.67. The Morgan fingerprint density at radius 1 is 1.18 bits per heavy atom. The van der Waals surface area contributed by atoms with Gasteiger partial charge in [0.15, 0.2) is 11.4 Å². The summed E-state index contributed by atoms with van der Waals surface area (Å²) in [5.41, 5.74) is 5.86. The van der Waals surface area contributed by atoms with Crippen LogP contribution in [0.25, 0.3) is 22.0 Å². The SMILES string of the molecule is Cc1c(C(=O)NNC(=O)Cn2cnc3c(cnn3C)c2=O)oc2ccccc12. The van der Waals surface area contributed by atoms with Gasteiger partial charge in [-0.05, 0) is 13.0 Å². The average Bonchev–Trinajstić information content (AvgIpc) is 3.23. The lowest BCUT2D eigenvalue weighted by Gasteiger charge is -2.08. The molecule has 0 atom stereocenters. The van der Waals surface area contributed by atoms with Crippen molar-refractivity contribution in [3.63, 3.8) is 0 Å². The first-order chi connectivity index (χ1) is 13.5. The minimum Gasteiger partial charge on any atom is -0.451 e. The van der Waals surface area contributed by atoms with Crippen molar-refractivity contribution in [2.75, 3.05) is 0 Å². The van der Waals surface area contributed by atoms with E-state index in [1.807, 2.05) is 12.1 Å². The molecule has 0 bridgehead atoms. The fourth-order valence-electron chi connectivity index (χ4n) is 2.95. The van der Waals surface area contributed by atoms with Crippen molar-refractivity contribution < 1.29 is 14.0 Å². The van der Waals surface area contributed by atoms with E-state index in [0.717, 1.165) is 9.95 Å². The molecule has 4 aromatic rings. The summed E-state index contributed by atoms with van der Waals surface area (Å²) in [6, 6.07) is 7.25. The highest BCUT2D eigenvalue weighted by molar-refractivity contribution is 5.99. The highest BCUT2D eigenvalue weighted by atomic mass is 16.3. The van der Waals surface area contributed by atoms with Crippen LogP contribution in [0.5, 0.6) is 0 Å². The van der Waals surface area contributed by atoms with Gasteiger partial charge in [0, 0.05) is 18.0 Å². The normalized spacial score (nSPS) is 11.1. The summed E-state index contributed by atoms with van der Waals surface area (Å²) in [4.78, 5) is 40.9. The molecule has 0 saturated carbocycles. The van der Waals surface area contributed by atoms with Crippen LogP contribution in [0.15, 0.2) is 46.0 Å². The molecule has 0 aliphatic heterocycles. The fraction of sp³-hybridized carbons (Fsp3) is 0.167. The van der Waals surface area contributed by atoms with Gasteiger partial charge in [-0.1, -0.05) is 18.2 Å². The maximum Gasteiger partial charge on any atom is 0.305 e. The summed E-state index contributed by atoms with van der Waals surface area (Å²) >= 11 is 0. The number of fused-ring (bicyclic) bond motifs is 2. The van der Waals surface area contributed by atoms with Crippen LogP contribution in [0.1, 0.15) is 16.1 Å². The third kappa shape index (κ3) is 2.90. The van der Waals surface area contributed by atoms with Crippen LogP contribution >= 0.6 is 0 Å². The number of aromatic nitrogens is 4. The number of hydrogen-bond acceptors (Lipinski definition) is 6. The number of carbonyl (C=O) groups is 2. The van der Waals surface area contributed by atoms with Gasteiger partial charge in [-0.3, -0.25) is 34.5 Å². The molecule has 3 heterocycles. The summed E-state index contributed by atoms with van der Waals surface area (Å²) in [5.74, 6) is -1.07. The van der Waals surface area contributed by atoms with E-state index in [1.165, 1.54) is 17.2 Å². The van der Waals surface area contributed by atoms with Crippen molar-refractivity contribution >= 4 is 33.8 Å². The molecule has 0 fully saturated rings. The Morgan fingerprint density at radius 2 is 1.96 bits per heavy atom. The summed E-state index contributed by atoms with van der Waals surface area (Å²) in [6.07, 6.45) is 2.66. The van der Waals surface area contributed by atoms with Crippen molar-refractivity contribution in [3.8, 4) is 0 Å². The van der Waals surface area contributed by atoms with Crippen LogP contribution in [-0.4, -0.2) is 31.1 Å². The Labute approximate surface area is 157 Å². The van der Waals surface area contributed by atoms with Crippen LogP contribution < -0.4 is 16.4 Å². The molecule has 0 aliphatic rings. The largest absolute Gasteiger partial charge is 0.451 e. The molecule has 10 nitrogen and oxygen atoms in total. The number of furan rings is 1. The zero-order chi connectivity index (χ0) is 19.8. The smallest absolute Gasteiger partial charge is 0.305 e. The number of amides is 2. The second-order valence-electron chi connectivity index (χ2n) is 6.24. The molecule has 0 radical (unpaired) electrons. The minimum absolute atomic E-state index is 0.108. The molecule has 10 heteroatoms. The van der Waals surface area contributed by atoms with Crippen LogP contribution in [-0.2, 0) is 18.4 Å². The molecule has 3 aromatic heterocycles. The van der Waals surface area contributed by atoms with Crippen LogP contribution in [0, 0.1) is 6.92 Å². The molecular weight excluding hydrogens is 364 g/mol. The van der Waals surface area contributed by atoms with Crippen LogP contribution in [0.3, 0.4) is 0 Å². The first-order valence-electron chi connectivity index (χ1n) is 8.40. The quantitative estimate of drug-likeness (QED) is 0.503. The van der Waals surface area contributed by atoms with Gasteiger partial charge in [0.1, 0.15) is 23.8 Å². The average molecular weight is 380 g/mol. The van der Waals surface area contributed by atoms with Gasteiger partial charge in [0.25, 0.3) is 11.5 Å². The van der Waals surface area contributed by atoms with Gasteiger partial charge in [-0.15, -0.1) is 0 Å². The van der Waals surface area contributed by atoms with Crippen molar-refractivity contribution in [1.29, 1.82) is 0 Å². The lowest BCUT2D eigenvalue weighted by atomic mass is 10.1. The van der Waals surface area contributed by atoms with E-state index in [2.05, 4.69) is 20.9 Å². The lowest BCUT2D eigenvalue weighted by molar-refractivity contribution is -0.122. The number of nitrogens with zero attached hydrogens (tertiary/aromatic N) is 4. The Hall–Kier alpha value is -3.95. The second kappa shape index (κ2) is 6.65. The maximum absolute atomic E-state index is 12.4. The van der Waals surface area contributed by atoms with Crippen molar-refractivity contribution in [3.05, 3.63) is 58.5 Å². The van der Waals surface area contributed by atoms with E-state index in [-0.39, 0.29) is 12.3 Å². The predicted octanol–water partition coefficient (Wildman–Crippen LogP) is 0.646. The van der Waals surface area contributed by atoms with Gasteiger partial charge < -0.3 is 4.42 Å². The van der Waals surface area contributed by atoms with Gasteiger partial charge in [-0.2, -0.15) is 5.10 Å². The van der Waals surface area contributed by atoms with Gasteiger partial charge in [-0.25, -0.2) is 4.98 Å². The fourth-order valence-corrected chi connectivity index (χ4v) is 2.95. The molecule has 2 amide bonds. The molecule has 2 N–H and O–H groups in total. The Kier molecular flexibility index (Phi) is 4.15. The van der Waals surface area contributed by atoms with Crippen molar-refractivity contribution in [1.82, 2.24) is 30.2 Å². The van der Waals surface area contributed by atoms with E-state index in [9.17, 15) is 14.4 Å². The predicted molar refractivity (Wildman–Crippen MR) is 99.3 cm³/mol. The molecule has 4 rings (SSSR count). The van der Waals surface area contributed by atoms with Crippen molar-refractivity contribution in [2.45, 2.75) is 13.5 Å². The number of rotatable bonds is 3. The van der Waals surface area contributed by atoms with E-state index in [4.69, 9.17) is 4.42 Å². The number of hydrogen-bond donors (Lipinski definition) is 2. The molecular formula is C18H16N6O4. The minimum atomic E-state index is -0.589. The molecule has 0 saturated heterocycles. The third-order valence-electron chi connectivity index (χ3n) is 4.40. The number of carbonyl (C=O) groups excluding carboxylic acids is 2. The molecule has 28 heavy (non-hydrogen) atoms. The third-order valence-corrected chi connectivity index (χ3v) is 4.40. The Morgan fingerprint density at radius 3 is 2.75 bits per heavy atom. The molecule has 0 spiro atoms. The first kappa shape index (κ1) is 17.5. The van der Waals surface area contributed by atoms with Gasteiger partial charge in [0.2, 0.25) is 0 Å². The number of hydrazine groups is 1. The standard InChI is InChI=1S/C18H16N6O4/c1-10-11-5-3-4-6-13(11)28-15(10)17(26)22-21-14(25)8-24-9-19-16-12(18(24)27)7-20-23(16)2/h3-7,9H,8H2,1-2H3,(H,21,25)(H,22,26). The second-order valence-corrected chi connectivity index (χ2v) is 6.24. The van der Waals surface area contributed by atoms with Crippen LogP contribution in [0.4, 0.5) is 0 Å². The zero-order valence-electron chi connectivity index (χ0n) is 15.1. The Bertz CT molecular complexity index is 1280. The lowest BCUT2D eigenvalue weighted by Crippen LogP contribution is -2.44. The Balaban J connectivity index is 1.45. The van der Waals surface area contributed by atoms with E-state index < -0.39 is 17.4 Å². The van der Waals surface area contributed by atoms with Gasteiger partial charge in [0.05, 0.1) is 6.20 Å². The number of benzene rings is 1. The van der Waals surface area contributed by atoms with E-state index >= 15 is 0 Å². The van der Waals surface area contributed by atoms with Crippen LogP contribution in [0.2, 0.25) is 0 Å². The first-order valence-corrected chi connectivity index (χ1v) is 8.40. The zero-order valence-corrected chi connectivity index (χ0v) is 15.1. The molecule has 1 aromatic carbocycles. The summed E-state index contributed by atoms with van der Waals surface area (Å²) in [6.45, 7) is 1.45.